The van der Waals surface area contributed by atoms with Crippen LogP contribution in [0.3, 0.4) is 0 Å². The van der Waals surface area contributed by atoms with E-state index in [0.29, 0.717) is 11.5 Å². The predicted octanol–water partition coefficient (Wildman–Crippen LogP) is 6.38. The average Bonchev–Trinajstić information content (AvgIpc) is 3.53. The van der Waals surface area contributed by atoms with E-state index in [1.165, 1.54) is 22.9 Å². The number of hydrogen-bond acceptors (Lipinski definition) is 9. The van der Waals surface area contributed by atoms with Crippen molar-refractivity contribution < 1.29 is 37.5 Å². The molecule has 1 saturated heterocycles. The van der Waals surface area contributed by atoms with Crippen molar-refractivity contribution in [3.63, 3.8) is 0 Å². The van der Waals surface area contributed by atoms with Crippen LogP contribution in [0.2, 0.25) is 5.02 Å². The zero-order valence-corrected chi connectivity index (χ0v) is 29.6. The highest BCUT2D eigenvalue weighted by molar-refractivity contribution is 7.47. The zero-order chi connectivity index (χ0) is 36.2. The number of hydrogen-bond donors (Lipinski definition) is 2. The Morgan fingerprint density at radius 1 is 0.882 bits per heavy atom. The first-order valence-corrected chi connectivity index (χ1v) is 17.8. The fourth-order valence-electron chi connectivity index (χ4n) is 6.05. The van der Waals surface area contributed by atoms with Crippen molar-refractivity contribution in [1.82, 2.24) is 9.55 Å². The maximum absolute atomic E-state index is 13.4. The van der Waals surface area contributed by atoms with E-state index in [1.54, 1.807) is 33.3 Å². The van der Waals surface area contributed by atoms with Crippen LogP contribution >= 0.6 is 19.4 Å². The van der Waals surface area contributed by atoms with E-state index in [-0.39, 0.29) is 29.4 Å². The number of aryl methyl sites for hydroxylation is 1. The van der Waals surface area contributed by atoms with Crippen LogP contribution in [0.25, 0.3) is 0 Å². The molecule has 1 aliphatic rings. The van der Waals surface area contributed by atoms with Crippen LogP contribution in [0.5, 0.6) is 17.2 Å². The van der Waals surface area contributed by atoms with Gasteiger partial charge in [0.15, 0.2) is 0 Å². The van der Waals surface area contributed by atoms with Gasteiger partial charge in [-0.15, -0.1) is 0 Å². The third kappa shape index (κ3) is 7.82. The summed E-state index contributed by atoms with van der Waals surface area (Å²) in [4.78, 5) is 38.3. The monoisotopic (exact) mass is 734 g/mol. The molecular formula is C37H36ClN2O10P. The van der Waals surface area contributed by atoms with Gasteiger partial charge in [-0.05, 0) is 60.0 Å². The largest absolute Gasteiger partial charge is 0.527 e. The van der Waals surface area contributed by atoms with Gasteiger partial charge < -0.3 is 23.5 Å². The summed E-state index contributed by atoms with van der Waals surface area (Å²) in [6.45, 7) is 1.35. The van der Waals surface area contributed by atoms with Crippen molar-refractivity contribution in [3.8, 4) is 17.2 Å². The summed E-state index contributed by atoms with van der Waals surface area (Å²) < 4.78 is 50.0. The first kappa shape index (κ1) is 36.1. The molecule has 1 aliphatic heterocycles. The lowest BCUT2D eigenvalue weighted by atomic mass is 9.80. The van der Waals surface area contributed by atoms with Gasteiger partial charge in [-0.25, -0.2) is 9.36 Å². The van der Waals surface area contributed by atoms with Crippen LogP contribution in [0.4, 0.5) is 0 Å². The molecule has 5 aromatic rings. The Labute approximate surface area is 298 Å². The van der Waals surface area contributed by atoms with Gasteiger partial charge in [0.2, 0.25) is 0 Å². The van der Waals surface area contributed by atoms with Crippen LogP contribution in [0, 0.1) is 6.92 Å². The summed E-state index contributed by atoms with van der Waals surface area (Å²) >= 11 is 6.20. The number of nitrogens with one attached hydrogen (secondary N) is 1. The molecule has 0 bridgehead atoms. The summed E-state index contributed by atoms with van der Waals surface area (Å²) in [5.74, 6) is 1.23. The SMILES string of the molecule is COc1ccc(C(OC[C@H]2O[C@@H](n3cc(C)c(=O)[nH]c3=O)C[C@@H]2OP(=O)(O)Oc2ccccc2Cl)(c2ccccc2)c2ccc(OC)cc2)cc1. The highest BCUT2D eigenvalue weighted by atomic mass is 35.5. The topological polar surface area (TPSA) is 148 Å². The molecule has 0 saturated carbocycles. The molecule has 51 heavy (non-hydrogen) atoms. The van der Waals surface area contributed by atoms with Crippen molar-refractivity contribution in [2.45, 2.75) is 37.4 Å². The maximum atomic E-state index is 13.4. The molecule has 6 rings (SSSR count). The minimum Gasteiger partial charge on any atom is -0.497 e. The molecule has 1 unspecified atom stereocenters. The van der Waals surface area contributed by atoms with E-state index >= 15 is 0 Å². The first-order chi connectivity index (χ1) is 24.5. The number of aromatic nitrogens is 2. The number of aromatic amines is 1. The molecule has 14 heteroatoms. The second-order valence-corrected chi connectivity index (χ2v) is 13.5. The number of halogens is 1. The molecule has 2 heterocycles. The van der Waals surface area contributed by atoms with Crippen LogP contribution < -0.4 is 25.2 Å². The third-order valence-corrected chi connectivity index (χ3v) is 9.87. The first-order valence-electron chi connectivity index (χ1n) is 15.9. The predicted molar refractivity (Wildman–Crippen MR) is 190 cm³/mol. The molecule has 1 aromatic heterocycles. The van der Waals surface area contributed by atoms with E-state index in [1.807, 2.05) is 78.9 Å². The average molecular weight is 735 g/mol. The molecule has 4 atom stereocenters. The molecular weight excluding hydrogens is 699 g/mol. The number of para-hydroxylation sites is 1. The summed E-state index contributed by atoms with van der Waals surface area (Å²) in [6.07, 6.45) is -1.86. The van der Waals surface area contributed by atoms with Crippen molar-refractivity contribution in [2.24, 2.45) is 0 Å². The van der Waals surface area contributed by atoms with Gasteiger partial charge in [-0.1, -0.05) is 78.3 Å². The molecule has 0 radical (unpaired) electrons. The second kappa shape index (κ2) is 15.3. The molecule has 0 spiro atoms. The molecule has 0 amide bonds. The van der Waals surface area contributed by atoms with E-state index in [9.17, 15) is 19.0 Å². The molecule has 1 fully saturated rings. The van der Waals surface area contributed by atoms with E-state index < -0.39 is 43.1 Å². The highest BCUT2D eigenvalue weighted by Gasteiger charge is 2.46. The van der Waals surface area contributed by atoms with Crippen molar-refractivity contribution >= 4 is 19.4 Å². The number of ether oxygens (including phenoxy) is 4. The smallest absolute Gasteiger partial charge is 0.497 e. The van der Waals surface area contributed by atoms with Gasteiger partial charge in [0.25, 0.3) is 5.56 Å². The zero-order valence-electron chi connectivity index (χ0n) is 27.9. The Morgan fingerprint density at radius 3 is 2.04 bits per heavy atom. The Balaban J connectivity index is 1.41. The lowest BCUT2D eigenvalue weighted by molar-refractivity contribution is -0.0933. The Kier molecular flexibility index (Phi) is 10.8. The minimum atomic E-state index is -4.82. The van der Waals surface area contributed by atoms with Gasteiger partial charge in [-0.3, -0.25) is 23.8 Å². The van der Waals surface area contributed by atoms with E-state index in [2.05, 4.69) is 4.98 Å². The Morgan fingerprint density at radius 2 is 1.45 bits per heavy atom. The van der Waals surface area contributed by atoms with Crippen molar-refractivity contribution in [1.29, 1.82) is 0 Å². The lowest BCUT2D eigenvalue weighted by Crippen LogP contribution is -2.38. The van der Waals surface area contributed by atoms with Crippen molar-refractivity contribution in [3.05, 3.63) is 157 Å². The van der Waals surface area contributed by atoms with Crippen LogP contribution in [-0.2, 0) is 24.2 Å². The Bertz CT molecular complexity index is 2080. The fraction of sp³-hybridized carbons (Fsp3) is 0.243. The highest BCUT2D eigenvalue weighted by Crippen LogP contribution is 2.50. The number of benzene rings is 4. The van der Waals surface area contributed by atoms with Gasteiger partial charge >= 0.3 is 13.5 Å². The van der Waals surface area contributed by atoms with Crippen LogP contribution in [-0.4, -0.2) is 47.5 Å². The standard InChI is InChI=1S/C37H36ClN2O10P/c1-24-22-40(36(42)39-35(24)41)34-21-32(50-51(43,44)49-31-12-8-7-11-30(31)38)33(48-34)23-47-37(25-9-5-4-6-10-25,26-13-17-28(45-2)18-14-26)27-15-19-29(46-3)20-16-27/h4-20,22,32-34H,21,23H2,1-3H3,(H,43,44)(H,39,41,42)/t32-,33+,34+/m0/s1. The number of phosphoric acid groups is 1. The number of phosphoric ester groups is 1. The van der Waals surface area contributed by atoms with Gasteiger partial charge in [0.1, 0.15) is 41.3 Å². The normalized spacial score (nSPS) is 18.6. The van der Waals surface area contributed by atoms with Gasteiger partial charge in [-0.2, -0.15) is 0 Å². The van der Waals surface area contributed by atoms with Gasteiger partial charge in [0.05, 0.1) is 25.8 Å². The summed E-state index contributed by atoms with van der Waals surface area (Å²) in [7, 11) is -1.66. The molecule has 266 valence electrons. The van der Waals surface area contributed by atoms with E-state index in [4.69, 9.17) is 39.6 Å². The number of nitrogens with zero attached hydrogens (tertiary/aromatic N) is 1. The van der Waals surface area contributed by atoms with Crippen molar-refractivity contribution in [2.75, 3.05) is 20.8 Å². The third-order valence-electron chi connectivity index (χ3n) is 8.59. The van der Waals surface area contributed by atoms with Crippen LogP contribution in [0.1, 0.15) is 34.9 Å². The maximum Gasteiger partial charge on any atom is 0.527 e. The number of methoxy groups -OCH3 is 2. The van der Waals surface area contributed by atoms with E-state index in [0.717, 1.165) is 16.7 Å². The summed E-state index contributed by atoms with van der Waals surface area (Å²) in [6, 6.07) is 30.6. The molecule has 0 aliphatic carbocycles. The quantitative estimate of drug-likeness (QED) is 0.103. The van der Waals surface area contributed by atoms with Crippen LogP contribution in [0.15, 0.2) is 119 Å². The summed E-state index contributed by atoms with van der Waals surface area (Å²) in [5.41, 5.74) is 0.0194. The fourth-order valence-corrected chi connectivity index (χ4v) is 7.29. The summed E-state index contributed by atoms with van der Waals surface area (Å²) in [5, 5.41) is 0.109. The number of rotatable bonds is 13. The lowest BCUT2D eigenvalue weighted by Gasteiger charge is -2.37. The molecule has 4 aromatic carbocycles. The Hall–Kier alpha value is -4.68. The molecule has 2 N–H and O–H groups in total. The minimum absolute atomic E-state index is 0.0529. The second-order valence-electron chi connectivity index (χ2n) is 11.8. The molecule has 12 nitrogen and oxygen atoms in total. The van der Waals surface area contributed by atoms with Gasteiger partial charge in [0, 0.05) is 18.2 Å². The number of H-pyrrole nitrogens is 1.